The summed E-state index contributed by atoms with van der Waals surface area (Å²) >= 11 is 0. The third kappa shape index (κ3) is 3.18. The van der Waals surface area contributed by atoms with E-state index in [-0.39, 0.29) is 11.6 Å². The van der Waals surface area contributed by atoms with Crippen molar-refractivity contribution in [2.45, 2.75) is 51.2 Å². The topological polar surface area (TPSA) is 61.5 Å². The van der Waals surface area contributed by atoms with Crippen LogP contribution in [0.25, 0.3) is 0 Å². The predicted octanol–water partition coefficient (Wildman–Crippen LogP) is 1.23. The maximum atomic E-state index is 11.4. The van der Waals surface area contributed by atoms with Gasteiger partial charge in [-0.1, -0.05) is 12.8 Å². The Morgan fingerprint density at radius 3 is 2.53 bits per heavy atom. The van der Waals surface area contributed by atoms with Crippen molar-refractivity contribution < 1.29 is 14.3 Å². The number of ether oxygens (including phenoxy) is 2. The standard InChI is InChI=1S/C11H21NO3/c1-3-14-10(13)9(2)15-11(8-12)6-4-5-7-11/h9H,3-8,12H2,1-2H3. The second-order valence-electron chi connectivity index (χ2n) is 4.11. The van der Waals surface area contributed by atoms with Crippen LogP contribution in [0.2, 0.25) is 0 Å². The molecule has 1 aliphatic rings. The number of nitrogens with two attached hydrogens (primary N) is 1. The van der Waals surface area contributed by atoms with E-state index in [9.17, 15) is 4.79 Å². The minimum atomic E-state index is -0.508. The van der Waals surface area contributed by atoms with Gasteiger partial charge in [0.05, 0.1) is 12.2 Å². The van der Waals surface area contributed by atoms with Crippen molar-refractivity contribution in [3.63, 3.8) is 0 Å². The van der Waals surface area contributed by atoms with Gasteiger partial charge in [-0.3, -0.25) is 0 Å². The third-order valence-corrected chi connectivity index (χ3v) is 2.93. The number of rotatable bonds is 5. The molecule has 88 valence electrons. The Morgan fingerprint density at radius 2 is 2.07 bits per heavy atom. The van der Waals surface area contributed by atoms with Crippen LogP contribution in [0.5, 0.6) is 0 Å². The van der Waals surface area contributed by atoms with Crippen LogP contribution < -0.4 is 5.73 Å². The number of hydrogen-bond acceptors (Lipinski definition) is 4. The molecule has 1 unspecified atom stereocenters. The summed E-state index contributed by atoms with van der Waals surface area (Å²) in [6.45, 7) is 4.39. The Kier molecular flexibility index (Phi) is 4.54. The van der Waals surface area contributed by atoms with Crippen molar-refractivity contribution >= 4 is 5.97 Å². The molecule has 0 aromatic rings. The van der Waals surface area contributed by atoms with E-state index < -0.39 is 6.10 Å². The first-order valence-electron chi connectivity index (χ1n) is 5.68. The SMILES string of the molecule is CCOC(=O)C(C)OC1(CN)CCCC1. The van der Waals surface area contributed by atoms with Gasteiger partial charge in [0, 0.05) is 6.54 Å². The van der Waals surface area contributed by atoms with Crippen LogP contribution in [0.4, 0.5) is 0 Å². The Morgan fingerprint density at radius 1 is 1.47 bits per heavy atom. The summed E-state index contributed by atoms with van der Waals surface area (Å²) in [5.74, 6) is -0.294. The van der Waals surface area contributed by atoms with Crippen molar-refractivity contribution in [2.75, 3.05) is 13.2 Å². The molecule has 15 heavy (non-hydrogen) atoms. The molecule has 0 radical (unpaired) electrons. The van der Waals surface area contributed by atoms with Gasteiger partial charge in [-0.05, 0) is 26.7 Å². The van der Waals surface area contributed by atoms with E-state index in [4.69, 9.17) is 15.2 Å². The van der Waals surface area contributed by atoms with Crippen LogP contribution in [0.3, 0.4) is 0 Å². The molecule has 0 amide bonds. The van der Waals surface area contributed by atoms with E-state index >= 15 is 0 Å². The van der Waals surface area contributed by atoms with Crippen LogP contribution in [0, 0.1) is 0 Å². The van der Waals surface area contributed by atoms with Gasteiger partial charge in [0.15, 0.2) is 6.10 Å². The van der Waals surface area contributed by atoms with E-state index in [1.165, 1.54) is 0 Å². The van der Waals surface area contributed by atoms with Crippen molar-refractivity contribution in [1.29, 1.82) is 0 Å². The maximum absolute atomic E-state index is 11.4. The highest BCUT2D eigenvalue weighted by molar-refractivity contribution is 5.74. The molecule has 1 fully saturated rings. The van der Waals surface area contributed by atoms with Gasteiger partial charge >= 0.3 is 5.97 Å². The van der Waals surface area contributed by atoms with Crippen LogP contribution in [-0.2, 0) is 14.3 Å². The molecule has 2 N–H and O–H groups in total. The lowest BCUT2D eigenvalue weighted by Gasteiger charge is -2.30. The van der Waals surface area contributed by atoms with Gasteiger partial charge in [0.2, 0.25) is 0 Å². The lowest BCUT2D eigenvalue weighted by molar-refractivity contribution is -0.166. The zero-order valence-electron chi connectivity index (χ0n) is 9.62. The first-order chi connectivity index (χ1) is 7.13. The van der Waals surface area contributed by atoms with Crippen LogP contribution in [0.15, 0.2) is 0 Å². The van der Waals surface area contributed by atoms with Gasteiger partial charge in [-0.25, -0.2) is 4.79 Å². The third-order valence-electron chi connectivity index (χ3n) is 2.93. The second kappa shape index (κ2) is 5.47. The Balaban J connectivity index is 2.47. The average Bonchev–Trinajstić information content (AvgIpc) is 2.67. The van der Waals surface area contributed by atoms with E-state index in [0.29, 0.717) is 13.2 Å². The normalized spacial score (nSPS) is 21.3. The molecule has 4 heteroatoms. The largest absolute Gasteiger partial charge is 0.464 e. The highest BCUT2D eigenvalue weighted by Gasteiger charge is 2.36. The van der Waals surface area contributed by atoms with Crippen LogP contribution >= 0.6 is 0 Å². The van der Waals surface area contributed by atoms with Gasteiger partial charge < -0.3 is 15.2 Å². The minimum Gasteiger partial charge on any atom is -0.464 e. The summed E-state index contributed by atoms with van der Waals surface area (Å²) < 4.78 is 10.7. The highest BCUT2D eigenvalue weighted by Crippen LogP contribution is 2.33. The molecule has 0 saturated heterocycles. The molecular weight excluding hydrogens is 194 g/mol. The Bertz CT molecular complexity index is 212. The van der Waals surface area contributed by atoms with E-state index in [2.05, 4.69) is 0 Å². The molecule has 0 heterocycles. The number of esters is 1. The fraction of sp³-hybridized carbons (Fsp3) is 0.909. The number of carbonyl (C=O) groups excluding carboxylic acids is 1. The van der Waals surface area contributed by atoms with Gasteiger partial charge in [-0.15, -0.1) is 0 Å². The summed E-state index contributed by atoms with van der Waals surface area (Å²) in [6.07, 6.45) is 3.66. The molecular formula is C11H21NO3. The fourth-order valence-electron chi connectivity index (χ4n) is 2.07. The zero-order valence-corrected chi connectivity index (χ0v) is 9.62. The van der Waals surface area contributed by atoms with Crippen molar-refractivity contribution in [2.24, 2.45) is 5.73 Å². The first kappa shape index (κ1) is 12.5. The summed E-state index contributed by atoms with van der Waals surface area (Å²) in [5, 5.41) is 0. The van der Waals surface area contributed by atoms with Gasteiger partial charge in [0.25, 0.3) is 0 Å². The molecule has 0 aromatic heterocycles. The van der Waals surface area contributed by atoms with E-state index in [0.717, 1.165) is 25.7 Å². The maximum Gasteiger partial charge on any atom is 0.334 e. The highest BCUT2D eigenvalue weighted by atomic mass is 16.6. The van der Waals surface area contributed by atoms with Crippen molar-refractivity contribution in [3.8, 4) is 0 Å². The zero-order chi connectivity index (χ0) is 11.3. The predicted molar refractivity (Wildman–Crippen MR) is 57.4 cm³/mol. The Labute approximate surface area is 91.1 Å². The molecule has 1 aliphatic carbocycles. The minimum absolute atomic E-state index is 0.286. The van der Waals surface area contributed by atoms with Crippen LogP contribution in [-0.4, -0.2) is 30.8 Å². The molecule has 0 aliphatic heterocycles. The first-order valence-corrected chi connectivity index (χ1v) is 5.68. The summed E-state index contributed by atoms with van der Waals surface area (Å²) in [4.78, 5) is 11.4. The number of hydrogen-bond donors (Lipinski definition) is 1. The molecule has 1 atom stereocenters. The van der Waals surface area contributed by atoms with Crippen LogP contribution in [0.1, 0.15) is 39.5 Å². The van der Waals surface area contributed by atoms with E-state index in [1.54, 1.807) is 13.8 Å². The summed E-state index contributed by atoms with van der Waals surface area (Å²) in [5.41, 5.74) is 5.43. The fourth-order valence-corrected chi connectivity index (χ4v) is 2.07. The average molecular weight is 215 g/mol. The van der Waals surface area contributed by atoms with E-state index in [1.807, 2.05) is 0 Å². The molecule has 1 rings (SSSR count). The smallest absolute Gasteiger partial charge is 0.334 e. The molecule has 0 bridgehead atoms. The van der Waals surface area contributed by atoms with Gasteiger partial charge in [0.1, 0.15) is 0 Å². The quantitative estimate of drug-likeness (QED) is 0.701. The Hall–Kier alpha value is -0.610. The second-order valence-corrected chi connectivity index (χ2v) is 4.11. The molecule has 4 nitrogen and oxygen atoms in total. The number of carbonyl (C=O) groups is 1. The van der Waals surface area contributed by atoms with Crippen molar-refractivity contribution in [1.82, 2.24) is 0 Å². The lowest BCUT2D eigenvalue weighted by Crippen LogP contribution is -2.43. The molecule has 1 saturated carbocycles. The van der Waals surface area contributed by atoms with Crippen molar-refractivity contribution in [3.05, 3.63) is 0 Å². The van der Waals surface area contributed by atoms with Gasteiger partial charge in [-0.2, -0.15) is 0 Å². The molecule has 0 aromatic carbocycles. The summed E-state index contributed by atoms with van der Waals surface area (Å²) in [6, 6.07) is 0. The molecule has 0 spiro atoms. The monoisotopic (exact) mass is 215 g/mol. The summed E-state index contributed by atoms with van der Waals surface area (Å²) in [7, 11) is 0. The lowest BCUT2D eigenvalue weighted by atomic mass is 10.0.